The van der Waals surface area contributed by atoms with Gasteiger partial charge in [0, 0.05) is 11.8 Å². The second kappa shape index (κ2) is 3.95. The van der Waals surface area contributed by atoms with Gasteiger partial charge in [-0.2, -0.15) is 13.2 Å². The lowest BCUT2D eigenvalue weighted by Gasteiger charge is -2.12. The summed E-state index contributed by atoms with van der Waals surface area (Å²) in [5.74, 6) is -0.122. The average Bonchev–Trinajstić information content (AvgIpc) is 2.64. The third-order valence-corrected chi connectivity index (χ3v) is 2.15. The van der Waals surface area contributed by atoms with E-state index in [0.717, 1.165) is 10.6 Å². The number of hydroxylamine groups is 1. The van der Waals surface area contributed by atoms with Gasteiger partial charge in [0.1, 0.15) is 6.67 Å². The summed E-state index contributed by atoms with van der Waals surface area (Å²) in [6, 6.07) is 5.05. The molecule has 0 fully saturated rings. The summed E-state index contributed by atoms with van der Waals surface area (Å²) >= 11 is 5.44. The van der Waals surface area contributed by atoms with Crippen molar-refractivity contribution in [3.63, 3.8) is 0 Å². The van der Waals surface area contributed by atoms with Gasteiger partial charge in [0.05, 0.1) is 11.1 Å². The van der Waals surface area contributed by atoms with Crippen LogP contribution in [0.3, 0.4) is 0 Å². The van der Waals surface area contributed by atoms with E-state index in [1.165, 1.54) is 18.2 Å². The number of aliphatic imine (C=N–C) groups is 1. The Morgan fingerprint density at radius 3 is 2.56 bits per heavy atom. The average molecular weight is 251 g/mol. The van der Waals surface area contributed by atoms with Crippen molar-refractivity contribution in [1.82, 2.24) is 4.58 Å². The molecule has 0 atom stereocenters. The molecule has 0 radical (unpaired) electrons. The predicted molar refractivity (Wildman–Crippen MR) is 51.6 cm³/mol. The molecule has 1 aromatic carbocycles. The van der Waals surface area contributed by atoms with Crippen LogP contribution >= 0.6 is 11.8 Å². The molecule has 0 bridgehead atoms. The van der Waals surface area contributed by atoms with Gasteiger partial charge in [0.2, 0.25) is 5.90 Å². The van der Waals surface area contributed by atoms with Crippen molar-refractivity contribution in [3.05, 3.63) is 35.4 Å². The van der Waals surface area contributed by atoms with Gasteiger partial charge in [0.25, 0.3) is 0 Å². The minimum absolute atomic E-state index is 0.00306. The van der Waals surface area contributed by atoms with E-state index in [-0.39, 0.29) is 18.1 Å². The Morgan fingerprint density at radius 2 is 2.00 bits per heavy atom. The number of alkyl halides is 3. The fourth-order valence-corrected chi connectivity index (χ4v) is 1.44. The largest absolute Gasteiger partial charge is 0.417 e. The van der Waals surface area contributed by atoms with Crippen LogP contribution in [0.15, 0.2) is 29.3 Å². The van der Waals surface area contributed by atoms with Crippen LogP contribution in [0.25, 0.3) is 0 Å². The van der Waals surface area contributed by atoms with Crippen molar-refractivity contribution in [3.8, 4) is 0 Å². The first-order chi connectivity index (χ1) is 7.48. The molecule has 7 heteroatoms. The summed E-state index contributed by atoms with van der Waals surface area (Å²) in [5.41, 5.74) is -0.904. The fourth-order valence-electron chi connectivity index (χ4n) is 1.32. The van der Waals surface area contributed by atoms with Gasteiger partial charge in [-0.05, 0) is 16.7 Å². The second-order valence-corrected chi connectivity index (χ2v) is 3.43. The van der Waals surface area contributed by atoms with Gasteiger partial charge in [0.15, 0.2) is 0 Å². The first kappa shape index (κ1) is 11.2. The highest BCUT2D eigenvalue weighted by atomic mass is 35.5. The van der Waals surface area contributed by atoms with E-state index < -0.39 is 11.7 Å². The summed E-state index contributed by atoms with van der Waals surface area (Å²) in [7, 11) is 0. The maximum atomic E-state index is 12.6. The first-order valence-corrected chi connectivity index (χ1v) is 4.64. The van der Waals surface area contributed by atoms with Crippen LogP contribution in [-0.2, 0) is 11.0 Å². The summed E-state index contributed by atoms with van der Waals surface area (Å²) in [5, 5.41) is 0. The van der Waals surface area contributed by atoms with Crippen molar-refractivity contribution in [2.24, 2.45) is 4.99 Å². The molecular weight excluding hydrogens is 245 g/mol. The predicted octanol–water partition coefficient (Wildman–Crippen LogP) is 2.81. The van der Waals surface area contributed by atoms with E-state index in [1.54, 1.807) is 0 Å². The van der Waals surface area contributed by atoms with Crippen LogP contribution < -0.4 is 0 Å². The van der Waals surface area contributed by atoms with Crippen molar-refractivity contribution < 1.29 is 18.0 Å². The van der Waals surface area contributed by atoms with Gasteiger partial charge in [-0.3, -0.25) is 0 Å². The van der Waals surface area contributed by atoms with Crippen LogP contribution in [0.4, 0.5) is 13.2 Å². The zero-order valence-corrected chi connectivity index (χ0v) is 8.59. The van der Waals surface area contributed by atoms with Gasteiger partial charge >= 0.3 is 6.18 Å². The molecule has 1 aliphatic rings. The van der Waals surface area contributed by atoms with Crippen molar-refractivity contribution in [2.45, 2.75) is 6.18 Å². The fraction of sp³-hybridized carbons (Fsp3) is 0.222. The zero-order valence-electron chi connectivity index (χ0n) is 7.83. The molecule has 0 spiro atoms. The summed E-state index contributed by atoms with van der Waals surface area (Å²) < 4.78 is 38.8. The van der Waals surface area contributed by atoms with E-state index in [2.05, 4.69) is 4.99 Å². The van der Waals surface area contributed by atoms with Crippen LogP contribution in [-0.4, -0.2) is 17.1 Å². The quantitative estimate of drug-likeness (QED) is 0.716. The Hall–Kier alpha value is -1.27. The minimum Gasteiger partial charge on any atom is -0.368 e. The first-order valence-electron chi connectivity index (χ1n) is 4.31. The van der Waals surface area contributed by atoms with Gasteiger partial charge in [-0.15, -0.1) is 0 Å². The lowest BCUT2D eigenvalue weighted by molar-refractivity contribution is -0.137. The molecule has 0 aliphatic carbocycles. The van der Waals surface area contributed by atoms with Crippen LogP contribution in [0.2, 0.25) is 0 Å². The molecule has 0 saturated carbocycles. The maximum Gasteiger partial charge on any atom is 0.417 e. The molecular formula is C9H6ClF3N2O. The zero-order chi connectivity index (χ0) is 11.8. The summed E-state index contributed by atoms with van der Waals surface area (Å²) in [6.45, 7) is 0.00306. The number of halogens is 4. The number of nitrogens with zero attached hydrogens (tertiary/aromatic N) is 2. The number of benzene rings is 1. The highest BCUT2D eigenvalue weighted by Gasteiger charge is 2.35. The molecule has 0 saturated heterocycles. The third kappa shape index (κ3) is 2.12. The molecule has 1 aromatic rings. The Balaban J connectivity index is 2.42. The van der Waals surface area contributed by atoms with Crippen LogP contribution in [0, 0.1) is 0 Å². The Bertz CT molecular complexity index is 433. The SMILES string of the molecule is FC(F)(F)c1ccccc1C1=NCN(Cl)O1. The molecule has 0 amide bonds. The van der Waals surface area contributed by atoms with E-state index >= 15 is 0 Å². The minimum atomic E-state index is -4.44. The van der Waals surface area contributed by atoms with Gasteiger partial charge in [-0.1, -0.05) is 12.1 Å². The highest BCUT2D eigenvalue weighted by molar-refractivity contribution is 6.14. The molecule has 0 aromatic heterocycles. The Labute approximate surface area is 94.2 Å². The van der Waals surface area contributed by atoms with Crippen LogP contribution in [0.1, 0.15) is 11.1 Å². The van der Waals surface area contributed by atoms with E-state index in [9.17, 15) is 13.2 Å². The number of hydrogen-bond acceptors (Lipinski definition) is 3. The molecule has 0 N–H and O–H groups in total. The van der Waals surface area contributed by atoms with Crippen molar-refractivity contribution >= 4 is 17.7 Å². The normalized spacial score (nSPS) is 17.1. The van der Waals surface area contributed by atoms with Crippen LogP contribution in [0.5, 0.6) is 0 Å². The molecule has 2 rings (SSSR count). The van der Waals surface area contributed by atoms with Crippen molar-refractivity contribution in [1.29, 1.82) is 0 Å². The second-order valence-electron chi connectivity index (χ2n) is 3.06. The molecule has 86 valence electrons. The third-order valence-electron chi connectivity index (χ3n) is 1.97. The monoisotopic (exact) mass is 250 g/mol. The summed E-state index contributed by atoms with van der Waals surface area (Å²) in [6.07, 6.45) is -4.44. The molecule has 0 unspecified atom stereocenters. The summed E-state index contributed by atoms with van der Waals surface area (Å²) in [4.78, 5) is 8.58. The Kier molecular flexibility index (Phi) is 2.77. The topological polar surface area (TPSA) is 24.8 Å². The van der Waals surface area contributed by atoms with E-state index in [0.29, 0.717) is 0 Å². The molecule has 1 aliphatic heterocycles. The standard InChI is InChI=1S/C9H6ClF3N2O/c10-15-5-14-8(16-15)6-3-1-2-4-7(6)9(11,12)13/h1-4H,5H2. The smallest absolute Gasteiger partial charge is 0.368 e. The number of hydrogen-bond donors (Lipinski definition) is 0. The lowest BCUT2D eigenvalue weighted by Crippen LogP contribution is -2.15. The molecule has 3 nitrogen and oxygen atoms in total. The van der Waals surface area contributed by atoms with E-state index in [4.69, 9.17) is 16.6 Å². The van der Waals surface area contributed by atoms with E-state index in [1.807, 2.05) is 0 Å². The molecule has 16 heavy (non-hydrogen) atoms. The lowest BCUT2D eigenvalue weighted by atomic mass is 10.1. The maximum absolute atomic E-state index is 12.6. The van der Waals surface area contributed by atoms with Crippen molar-refractivity contribution in [2.75, 3.05) is 6.67 Å². The molecule has 1 heterocycles. The highest BCUT2D eigenvalue weighted by Crippen LogP contribution is 2.33. The number of rotatable bonds is 1. The Morgan fingerprint density at radius 1 is 1.31 bits per heavy atom. The van der Waals surface area contributed by atoms with Gasteiger partial charge in [-0.25, -0.2) is 4.99 Å². The van der Waals surface area contributed by atoms with Gasteiger partial charge < -0.3 is 4.84 Å².